The van der Waals surface area contributed by atoms with Gasteiger partial charge >= 0.3 is 0 Å². The van der Waals surface area contributed by atoms with E-state index in [-0.39, 0.29) is 0 Å². The second-order valence-corrected chi connectivity index (χ2v) is 4.75. The molecule has 1 aromatic carbocycles. The van der Waals surface area contributed by atoms with E-state index in [2.05, 4.69) is 10.2 Å². The van der Waals surface area contributed by atoms with E-state index in [1.165, 1.54) is 0 Å². The monoisotopic (exact) mass is 266 g/mol. The molecule has 0 bridgehead atoms. The van der Waals surface area contributed by atoms with E-state index in [9.17, 15) is 0 Å². The summed E-state index contributed by atoms with van der Waals surface area (Å²) in [5.41, 5.74) is 0.905. The van der Waals surface area contributed by atoms with Crippen molar-refractivity contribution in [3.63, 3.8) is 0 Å². The Hall–Kier alpha value is -1.26. The van der Waals surface area contributed by atoms with Gasteiger partial charge in [-0.3, -0.25) is 0 Å². The molecule has 88 valence electrons. The summed E-state index contributed by atoms with van der Waals surface area (Å²) in [4.78, 5) is 1.14. The van der Waals surface area contributed by atoms with Gasteiger partial charge in [0.25, 0.3) is 0 Å². The van der Waals surface area contributed by atoms with Crippen LogP contribution in [0.5, 0.6) is 5.75 Å². The van der Waals surface area contributed by atoms with Crippen LogP contribution in [0.3, 0.4) is 0 Å². The standard InChI is InChI=1S/C12H11ClN2OS/c1-16-10-3-2-4-11(7-10)17-8-9-5-6-12(13)15-14-9/h2-7H,8H2,1H3. The molecular weight excluding hydrogens is 256 g/mol. The zero-order chi connectivity index (χ0) is 12.1. The Labute approximate surface area is 109 Å². The molecule has 17 heavy (non-hydrogen) atoms. The Morgan fingerprint density at radius 2 is 2.12 bits per heavy atom. The number of methoxy groups -OCH3 is 1. The minimum Gasteiger partial charge on any atom is -0.497 e. The minimum atomic E-state index is 0.417. The maximum Gasteiger partial charge on any atom is 0.151 e. The molecule has 0 amide bonds. The molecule has 0 atom stereocenters. The van der Waals surface area contributed by atoms with Crippen molar-refractivity contribution in [2.45, 2.75) is 10.6 Å². The van der Waals surface area contributed by atoms with Gasteiger partial charge in [0.1, 0.15) is 5.75 Å². The maximum atomic E-state index is 5.67. The summed E-state index contributed by atoms with van der Waals surface area (Å²) in [5, 5.41) is 8.22. The number of rotatable bonds is 4. The number of halogens is 1. The van der Waals surface area contributed by atoms with Crippen LogP contribution in [0.2, 0.25) is 5.15 Å². The summed E-state index contributed by atoms with van der Waals surface area (Å²) < 4.78 is 5.16. The summed E-state index contributed by atoms with van der Waals surface area (Å²) in [5.74, 6) is 1.62. The molecule has 0 saturated heterocycles. The van der Waals surface area contributed by atoms with Crippen LogP contribution in [0.25, 0.3) is 0 Å². The third-order valence-electron chi connectivity index (χ3n) is 2.12. The lowest BCUT2D eigenvalue weighted by molar-refractivity contribution is 0.413. The molecular formula is C12H11ClN2OS. The maximum absolute atomic E-state index is 5.67. The lowest BCUT2D eigenvalue weighted by atomic mass is 10.3. The molecule has 2 aromatic rings. The average molecular weight is 267 g/mol. The molecule has 2 rings (SSSR count). The molecule has 1 heterocycles. The first-order valence-corrected chi connectivity index (χ1v) is 6.39. The van der Waals surface area contributed by atoms with Crippen molar-refractivity contribution in [2.24, 2.45) is 0 Å². The fourth-order valence-electron chi connectivity index (χ4n) is 1.27. The van der Waals surface area contributed by atoms with Crippen LogP contribution in [0, 0.1) is 0 Å². The summed E-state index contributed by atoms with van der Waals surface area (Å²) in [6, 6.07) is 11.5. The smallest absolute Gasteiger partial charge is 0.151 e. The second kappa shape index (κ2) is 5.89. The van der Waals surface area contributed by atoms with Gasteiger partial charge in [0.15, 0.2) is 5.15 Å². The van der Waals surface area contributed by atoms with Crippen LogP contribution in [-0.4, -0.2) is 17.3 Å². The number of benzene rings is 1. The van der Waals surface area contributed by atoms with Crippen molar-refractivity contribution in [2.75, 3.05) is 7.11 Å². The first-order valence-electron chi connectivity index (χ1n) is 5.03. The minimum absolute atomic E-state index is 0.417. The molecule has 0 spiro atoms. The van der Waals surface area contributed by atoms with E-state index in [1.54, 1.807) is 24.9 Å². The number of hydrogen-bond acceptors (Lipinski definition) is 4. The quantitative estimate of drug-likeness (QED) is 0.794. The highest BCUT2D eigenvalue weighted by Crippen LogP contribution is 2.25. The number of nitrogens with zero attached hydrogens (tertiary/aromatic N) is 2. The SMILES string of the molecule is COc1cccc(SCc2ccc(Cl)nn2)c1. The molecule has 3 nitrogen and oxygen atoms in total. The predicted octanol–water partition coefficient (Wildman–Crippen LogP) is 3.43. The highest BCUT2D eigenvalue weighted by atomic mass is 35.5. The average Bonchev–Trinajstić information content (AvgIpc) is 2.38. The highest BCUT2D eigenvalue weighted by Gasteiger charge is 2.00. The molecule has 1 aromatic heterocycles. The summed E-state index contributed by atoms with van der Waals surface area (Å²) in [6.45, 7) is 0. The molecule has 0 aliphatic rings. The topological polar surface area (TPSA) is 35.0 Å². The second-order valence-electron chi connectivity index (χ2n) is 3.32. The third kappa shape index (κ3) is 3.61. The first-order chi connectivity index (χ1) is 8.28. The molecule has 0 saturated carbocycles. The van der Waals surface area contributed by atoms with Crippen molar-refractivity contribution >= 4 is 23.4 Å². The van der Waals surface area contributed by atoms with Gasteiger partial charge in [-0.15, -0.1) is 16.9 Å². The summed E-state index contributed by atoms with van der Waals surface area (Å²) >= 11 is 7.35. The van der Waals surface area contributed by atoms with Gasteiger partial charge in [0.05, 0.1) is 12.8 Å². The zero-order valence-electron chi connectivity index (χ0n) is 9.26. The van der Waals surface area contributed by atoms with Crippen molar-refractivity contribution in [3.8, 4) is 5.75 Å². The van der Waals surface area contributed by atoms with Crippen molar-refractivity contribution < 1.29 is 4.74 Å². The normalized spacial score (nSPS) is 10.2. The Balaban J connectivity index is 1.99. The van der Waals surface area contributed by atoms with E-state index < -0.39 is 0 Å². The largest absolute Gasteiger partial charge is 0.497 e. The fraction of sp³-hybridized carbons (Fsp3) is 0.167. The van der Waals surface area contributed by atoms with Crippen molar-refractivity contribution in [1.29, 1.82) is 0 Å². The molecule has 0 aliphatic heterocycles. The van der Waals surface area contributed by atoms with Crippen LogP contribution in [0.1, 0.15) is 5.69 Å². The number of ether oxygens (including phenoxy) is 1. The van der Waals surface area contributed by atoms with Crippen LogP contribution in [0.4, 0.5) is 0 Å². The lowest BCUT2D eigenvalue weighted by Gasteiger charge is -2.03. The summed E-state index contributed by atoms with van der Waals surface area (Å²) in [6.07, 6.45) is 0. The number of aromatic nitrogens is 2. The van der Waals surface area contributed by atoms with Gasteiger partial charge in [-0.05, 0) is 30.3 Å². The van der Waals surface area contributed by atoms with Crippen molar-refractivity contribution in [1.82, 2.24) is 10.2 Å². The van der Waals surface area contributed by atoms with E-state index in [0.29, 0.717) is 5.15 Å². The van der Waals surface area contributed by atoms with Crippen LogP contribution in [-0.2, 0) is 5.75 Å². The van der Waals surface area contributed by atoms with E-state index in [0.717, 1.165) is 22.1 Å². The highest BCUT2D eigenvalue weighted by molar-refractivity contribution is 7.98. The molecule has 0 aliphatic carbocycles. The number of thioether (sulfide) groups is 1. The first kappa shape index (κ1) is 12.2. The predicted molar refractivity (Wildman–Crippen MR) is 69.6 cm³/mol. The van der Waals surface area contributed by atoms with Gasteiger partial charge in [-0.25, -0.2) is 0 Å². The van der Waals surface area contributed by atoms with Crippen LogP contribution < -0.4 is 4.74 Å². The van der Waals surface area contributed by atoms with Crippen molar-refractivity contribution in [3.05, 3.63) is 47.2 Å². The van der Waals surface area contributed by atoms with E-state index in [1.807, 2.05) is 30.3 Å². The number of hydrogen-bond donors (Lipinski definition) is 0. The van der Waals surface area contributed by atoms with Gasteiger partial charge in [0.2, 0.25) is 0 Å². The fourth-order valence-corrected chi connectivity index (χ4v) is 2.21. The van der Waals surface area contributed by atoms with Gasteiger partial charge in [-0.1, -0.05) is 17.7 Å². The van der Waals surface area contributed by atoms with Gasteiger partial charge in [-0.2, -0.15) is 5.10 Å². The van der Waals surface area contributed by atoms with Gasteiger partial charge in [0, 0.05) is 10.6 Å². The van der Waals surface area contributed by atoms with Crippen LogP contribution in [0.15, 0.2) is 41.3 Å². The molecule has 0 N–H and O–H groups in total. The third-order valence-corrected chi connectivity index (χ3v) is 3.34. The molecule has 0 radical (unpaired) electrons. The van der Waals surface area contributed by atoms with E-state index in [4.69, 9.17) is 16.3 Å². The Bertz CT molecular complexity index is 490. The Kier molecular flexibility index (Phi) is 4.23. The Morgan fingerprint density at radius 1 is 1.24 bits per heavy atom. The summed E-state index contributed by atoms with van der Waals surface area (Å²) in [7, 11) is 1.66. The zero-order valence-corrected chi connectivity index (χ0v) is 10.8. The lowest BCUT2D eigenvalue weighted by Crippen LogP contribution is -1.90. The molecule has 0 fully saturated rings. The van der Waals surface area contributed by atoms with Crippen LogP contribution >= 0.6 is 23.4 Å². The Morgan fingerprint density at radius 3 is 2.82 bits per heavy atom. The molecule has 5 heteroatoms. The van der Waals surface area contributed by atoms with E-state index >= 15 is 0 Å². The van der Waals surface area contributed by atoms with Gasteiger partial charge < -0.3 is 4.74 Å². The molecule has 0 unspecified atom stereocenters.